The SMILES string of the molecule is CC(C)(C)c1ccc2ccccc2c1.CC(C)(C)c1cccc2ccccc12.CC(C)(C)c1ccccc1. The Balaban J connectivity index is 0.000000161. The Morgan fingerprint density at radius 3 is 1.39 bits per heavy atom. The molecule has 5 aromatic rings. The van der Waals surface area contributed by atoms with Gasteiger partial charge >= 0.3 is 0 Å². The van der Waals surface area contributed by atoms with Gasteiger partial charge in [0.25, 0.3) is 0 Å². The highest BCUT2D eigenvalue weighted by Gasteiger charge is 2.16. The van der Waals surface area contributed by atoms with Crippen LogP contribution in [0.4, 0.5) is 0 Å². The van der Waals surface area contributed by atoms with Crippen LogP contribution in [0.5, 0.6) is 0 Å². The van der Waals surface area contributed by atoms with E-state index in [9.17, 15) is 0 Å². The molecule has 0 saturated carbocycles. The van der Waals surface area contributed by atoms with E-state index in [0.29, 0.717) is 5.41 Å². The third-order valence-corrected chi connectivity index (χ3v) is 6.85. The quantitative estimate of drug-likeness (QED) is 0.197. The first-order valence-corrected chi connectivity index (χ1v) is 13.8. The zero-order valence-corrected chi connectivity index (χ0v) is 25.0. The molecule has 0 nitrogen and oxygen atoms in total. The van der Waals surface area contributed by atoms with Crippen molar-refractivity contribution < 1.29 is 0 Å². The number of fused-ring (bicyclic) bond motifs is 2. The maximum Gasteiger partial charge on any atom is -0.0126 e. The minimum absolute atomic E-state index is 0.223. The van der Waals surface area contributed by atoms with Gasteiger partial charge in [-0.2, -0.15) is 0 Å². The molecular weight excluding hydrogens is 456 g/mol. The largest absolute Gasteiger partial charge is 0.0622 e. The summed E-state index contributed by atoms with van der Waals surface area (Å²) in [6.07, 6.45) is 0. The average molecular weight is 503 g/mol. The smallest absolute Gasteiger partial charge is 0.0126 e. The van der Waals surface area contributed by atoms with Crippen LogP contribution >= 0.6 is 0 Å². The van der Waals surface area contributed by atoms with Crippen LogP contribution in [0.25, 0.3) is 21.5 Å². The second kappa shape index (κ2) is 12.0. The van der Waals surface area contributed by atoms with Gasteiger partial charge in [0.05, 0.1) is 0 Å². The summed E-state index contributed by atoms with van der Waals surface area (Å²) in [6, 6.07) is 40.9. The third kappa shape index (κ3) is 8.06. The maximum atomic E-state index is 2.29. The van der Waals surface area contributed by atoms with E-state index in [1.807, 2.05) is 0 Å². The molecule has 198 valence electrons. The summed E-state index contributed by atoms with van der Waals surface area (Å²) in [5, 5.41) is 5.36. The lowest BCUT2D eigenvalue weighted by molar-refractivity contribution is 0.590. The van der Waals surface area contributed by atoms with Gasteiger partial charge in [-0.25, -0.2) is 0 Å². The lowest BCUT2D eigenvalue weighted by atomic mass is 9.84. The molecule has 0 amide bonds. The second-order valence-corrected chi connectivity index (χ2v) is 13.2. The summed E-state index contributed by atoms with van der Waals surface area (Å²) in [4.78, 5) is 0. The number of hydrogen-bond acceptors (Lipinski definition) is 0. The fourth-order valence-corrected chi connectivity index (χ4v) is 4.47. The first kappa shape index (κ1) is 29.2. The lowest BCUT2D eigenvalue weighted by Gasteiger charge is -2.21. The first-order valence-electron chi connectivity index (χ1n) is 13.8. The Hall–Kier alpha value is -3.38. The molecule has 0 radical (unpaired) electrons. The minimum atomic E-state index is 0.223. The number of benzene rings is 5. The van der Waals surface area contributed by atoms with Crippen LogP contribution in [-0.2, 0) is 16.2 Å². The Kier molecular flexibility index (Phi) is 9.21. The number of rotatable bonds is 0. The lowest BCUT2D eigenvalue weighted by Crippen LogP contribution is -2.11. The molecule has 5 rings (SSSR count). The number of hydrogen-bond donors (Lipinski definition) is 0. The Labute approximate surface area is 231 Å². The molecule has 0 N–H and O–H groups in total. The molecule has 0 atom stereocenters. The van der Waals surface area contributed by atoms with E-state index < -0.39 is 0 Å². The van der Waals surface area contributed by atoms with Crippen LogP contribution in [0.15, 0.2) is 115 Å². The molecule has 0 aliphatic rings. The van der Waals surface area contributed by atoms with E-state index in [0.717, 1.165) is 0 Å². The molecule has 0 saturated heterocycles. The molecule has 5 aromatic carbocycles. The van der Waals surface area contributed by atoms with Crippen LogP contribution in [0.3, 0.4) is 0 Å². The normalized spacial score (nSPS) is 11.8. The van der Waals surface area contributed by atoms with Crippen molar-refractivity contribution in [2.75, 3.05) is 0 Å². The Morgan fingerprint density at radius 2 is 0.842 bits per heavy atom. The molecule has 0 bridgehead atoms. The van der Waals surface area contributed by atoms with Crippen molar-refractivity contribution in [2.45, 2.75) is 78.6 Å². The maximum absolute atomic E-state index is 2.29. The molecule has 0 heterocycles. The van der Waals surface area contributed by atoms with Gasteiger partial charge in [-0.3, -0.25) is 0 Å². The summed E-state index contributed by atoms with van der Waals surface area (Å²) >= 11 is 0. The van der Waals surface area contributed by atoms with Crippen LogP contribution in [0.2, 0.25) is 0 Å². The van der Waals surface area contributed by atoms with Gasteiger partial charge in [-0.1, -0.05) is 178 Å². The zero-order valence-electron chi connectivity index (χ0n) is 25.0. The zero-order chi connectivity index (χ0) is 28.0. The van der Waals surface area contributed by atoms with Crippen LogP contribution in [0, 0.1) is 0 Å². The highest BCUT2D eigenvalue weighted by atomic mass is 14.2. The van der Waals surface area contributed by atoms with Crippen LogP contribution in [0.1, 0.15) is 79.0 Å². The summed E-state index contributed by atoms with van der Waals surface area (Å²) < 4.78 is 0. The van der Waals surface area contributed by atoms with E-state index in [-0.39, 0.29) is 10.8 Å². The molecule has 0 aliphatic heterocycles. The standard InChI is InChI=1S/2C14H16.C10H14/c1-14(2,3)13-10-6-8-11-7-4-5-9-12(11)13;1-14(2,3)13-9-8-11-6-4-5-7-12(11)10-13;1-10(2,3)9-7-5-4-6-8-9/h2*4-10H,1-3H3;4-8H,1-3H3. The fourth-order valence-electron chi connectivity index (χ4n) is 4.47. The molecule has 0 heteroatoms. The van der Waals surface area contributed by atoms with E-state index >= 15 is 0 Å². The predicted molar refractivity (Wildman–Crippen MR) is 170 cm³/mol. The minimum Gasteiger partial charge on any atom is -0.0622 e. The van der Waals surface area contributed by atoms with Crippen molar-refractivity contribution >= 4 is 21.5 Å². The third-order valence-electron chi connectivity index (χ3n) is 6.85. The summed E-state index contributed by atoms with van der Waals surface area (Å²) in [7, 11) is 0. The van der Waals surface area contributed by atoms with E-state index in [1.54, 1.807) is 0 Å². The molecule has 0 spiro atoms. The molecule has 0 aliphatic carbocycles. The predicted octanol–water partition coefficient (Wildman–Crippen LogP) is 11.3. The first-order chi connectivity index (χ1) is 17.8. The van der Waals surface area contributed by atoms with E-state index in [1.165, 1.54) is 38.2 Å². The summed E-state index contributed by atoms with van der Waals surface area (Å²) in [6.45, 7) is 20.2. The van der Waals surface area contributed by atoms with Crippen molar-refractivity contribution in [3.63, 3.8) is 0 Å². The van der Waals surface area contributed by atoms with Crippen LogP contribution in [-0.4, -0.2) is 0 Å². The average Bonchev–Trinajstić information content (AvgIpc) is 2.88. The second-order valence-electron chi connectivity index (χ2n) is 13.2. The Morgan fingerprint density at radius 1 is 0.342 bits per heavy atom. The van der Waals surface area contributed by atoms with Gasteiger partial charge in [-0.15, -0.1) is 0 Å². The fraction of sp³-hybridized carbons (Fsp3) is 0.316. The summed E-state index contributed by atoms with van der Waals surface area (Å²) in [5.74, 6) is 0. The van der Waals surface area contributed by atoms with Crippen molar-refractivity contribution in [1.29, 1.82) is 0 Å². The monoisotopic (exact) mass is 502 g/mol. The molecule has 0 unspecified atom stereocenters. The van der Waals surface area contributed by atoms with Crippen molar-refractivity contribution in [3.8, 4) is 0 Å². The van der Waals surface area contributed by atoms with Crippen molar-refractivity contribution in [1.82, 2.24) is 0 Å². The topological polar surface area (TPSA) is 0 Å². The molecular formula is C38H46. The molecule has 0 fully saturated rings. The van der Waals surface area contributed by atoms with Crippen LogP contribution < -0.4 is 0 Å². The highest BCUT2D eigenvalue weighted by molar-refractivity contribution is 5.86. The van der Waals surface area contributed by atoms with Gasteiger partial charge in [-0.05, 0) is 54.5 Å². The van der Waals surface area contributed by atoms with Gasteiger partial charge < -0.3 is 0 Å². The van der Waals surface area contributed by atoms with Gasteiger partial charge in [0.2, 0.25) is 0 Å². The molecule has 0 aromatic heterocycles. The van der Waals surface area contributed by atoms with Gasteiger partial charge in [0.1, 0.15) is 0 Å². The van der Waals surface area contributed by atoms with E-state index in [2.05, 4.69) is 178 Å². The van der Waals surface area contributed by atoms with Gasteiger partial charge in [0, 0.05) is 0 Å². The summed E-state index contributed by atoms with van der Waals surface area (Å²) in [5.41, 5.74) is 4.98. The highest BCUT2D eigenvalue weighted by Crippen LogP contribution is 2.29. The van der Waals surface area contributed by atoms with Gasteiger partial charge in [0.15, 0.2) is 0 Å². The Bertz CT molecular complexity index is 1420. The molecule has 38 heavy (non-hydrogen) atoms. The van der Waals surface area contributed by atoms with E-state index in [4.69, 9.17) is 0 Å². The van der Waals surface area contributed by atoms with Crippen molar-refractivity contribution in [3.05, 3.63) is 132 Å². The van der Waals surface area contributed by atoms with Crippen molar-refractivity contribution in [2.24, 2.45) is 0 Å².